The van der Waals surface area contributed by atoms with Gasteiger partial charge in [-0.2, -0.15) is 0 Å². The van der Waals surface area contributed by atoms with Gasteiger partial charge >= 0.3 is 5.97 Å². The van der Waals surface area contributed by atoms with Crippen molar-refractivity contribution in [1.29, 1.82) is 0 Å². The van der Waals surface area contributed by atoms with Crippen LogP contribution in [0.25, 0.3) is 0 Å². The molecule has 0 bridgehead atoms. The Morgan fingerprint density at radius 2 is 1.93 bits per heavy atom. The molecule has 2 aromatic rings. The van der Waals surface area contributed by atoms with Crippen LogP contribution in [-0.4, -0.2) is 39.2 Å². The van der Waals surface area contributed by atoms with Crippen LogP contribution >= 0.6 is 0 Å². The molecule has 0 saturated heterocycles. The van der Waals surface area contributed by atoms with Crippen LogP contribution in [-0.2, 0) is 16.6 Å². The third-order valence-electron chi connectivity index (χ3n) is 5.19. The van der Waals surface area contributed by atoms with E-state index in [2.05, 4.69) is 15.6 Å². The highest BCUT2D eigenvalue weighted by atomic mass is 19.1. The van der Waals surface area contributed by atoms with Gasteiger partial charge in [-0.25, -0.2) is 9.18 Å². The van der Waals surface area contributed by atoms with E-state index in [0.29, 0.717) is 12.1 Å². The summed E-state index contributed by atoms with van der Waals surface area (Å²) in [4.78, 5) is 15.7. The Morgan fingerprint density at radius 3 is 2.54 bits per heavy atom. The predicted molar refractivity (Wildman–Crippen MR) is 108 cm³/mol. The Balaban J connectivity index is 1.47. The van der Waals surface area contributed by atoms with Crippen molar-refractivity contribution in [3.63, 3.8) is 0 Å². The zero-order valence-electron chi connectivity index (χ0n) is 16.3. The number of rotatable bonds is 7. The lowest BCUT2D eigenvalue weighted by Gasteiger charge is -2.19. The third-order valence-corrected chi connectivity index (χ3v) is 5.19. The van der Waals surface area contributed by atoms with Crippen LogP contribution < -0.4 is 10.6 Å². The summed E-state index contributed by atoms with van der Waals surface area (Å²) in [5.41, 5.74) is 2.71. The molecule has 0 amide bonds. The maximum Gasteiger partial charge on any atom is 0.337 e. The van der Waals surface area contributed by atoms with Crippen molar-refractivity contribution >= 4 is 11.9 Å². The van der Waals surface area contributed by atoms with E-state index < -0.39 is 0 Å². The Labute approximate surface area is 165 Å². The Morgan fingerprint density at radius 1 is 1.18 bits per heavy atom. The Kier molecular flexibility index (Phi) is 6.29. The van der Waals surface area contributed by atoms with Crippen LogP contribution in [0.3, 0.4) is 0 Å². The number of hydrogen-bond acceptors (Lipinski definition) is 3. The monoisotopic (exact) mass is 383 g/mol. The minimum atomic E-state index is -0.332. The van der Waals surface area contributed by atoms with Crippen molar-refractivity contribution in [2.75, 3.05) is 27.2 Å². The quantitative estimate of drug-likeness (QED) is 0.438. The van der Waals surface area contributed by atoms with E-state index in [4.69, 9.17) is 4.74 Å². The van der Waals surface area contributed by atoms with Gasteiger partial charge in [-0.05, 0) is 54.7 Å². The van der Waals surface area contributed by atoms with Crippen LogP contribution in [0.1, 0.15) is 34.3 Å². The predicted octanol–water partition coefficient (Wildman–Crippen LogP) is 3.05. The maximum absolute atomic E-state index is 13.5. The molecule has 2 N–H and O–H groups in total. The summed E-state index contributed by atoms with van der Waals surface area (Å²) in [6.45, 7) is 1.44. The molecule has 3 rings (SSSR count). The number of carbonyl (C=O) groups is 1. The smallest absolute Gasteiger partial charge is 0.337 e. The number of nitrogens with zero attached hydrogens (tertiary/aromatic N) is 1. The first kappa shape index (κ1) is 19.9. The molecule has 148 valence electrons. The van der Waals surface area contributed by atoms with Gasteiger partial charge < -0.3 is 15.4 Å². The molecule has 0 spiro atoms. The van der Waals surface area contributed by atoms with Crippen LogP contribution in [0, 0.1) is 5.82 Å². The second-order valence-corrected chi connectivity index (χ2v) is 7.08. The third kappa shape index (κ3) is 4.88. The van der Waals surface area contributed by atoms with Gasteiger partial charge in [0.05, 0.1) is 12.7 Å². The molecule has 1 aliphatic carbocycles. The molecule has 0 unspecified atom stereocenters. The molecule has 28 heavy (non-hydrogen) atoms. The topological polar surface area (TPSA) is 62.7 Å². The molecule has 6 heteroatoms. The molecule has 0 aromatic heterocycles. The number of carbonyl (C=O) groups excluding carboxylic acids is 1. The minimum absolute atomic E-state index is 0.00341. The number of nitrogens with one attached hydrogen (secondary N) is 2. The maximum atomic E-state index is 13.5. The molecule has 2 aromatic carbocycles. The summed E-state index contributed by atoms with van der Waals surface area (Å²) in [5.74, 6) is 0.208. The van der Waals surface area contributed by atoms with E-state index in [1.54, 1.807) is 31.3 Å². The lowest BCUT2D eigenvalue weighted by Crippen LogP contribution is -2.42. The fourth-order valence-electron chi connectivity index (χ4n) is 3.26. The highest BCUT2D eigenvalue weighted by Gasteiger charge is 2.44. The fraction of sp³-hybridized carbons (Fsp3) is 0.364. The van der Waals surface area contributed by atoms with Crippen molar-refractivity contribution in [3.05, 3.63) is 71.0 Å². The van der Waals surface area contributed by atoms with Gasteiger partial charge in [-0.1, -0.05) is 24.3 Å². The number of halogens is 1. The van der Waals surface area contributed by atoms with E-state index in [9.17, 15) is 9.18 Å². The fourth-order valence-corrected chi connectivity index (χ4v) is 3.26. The summed E-state index contributed by atoms with van der Waals surface area (Å²) < 4.78 is 18.2. The molecule has 0 aliphatic heterocycles. The van der Waals surface area contributed by atoms with Crippen molar-refractivity contribution in [3.8, 4) is 0 Å². The van der Waals surface area contributed by atoms with Crippen molar-refractivity contribution in [2.24, 2.45) is 4.99 Å². The van der Waals surface area contributed by atoms with Gasteiger partial charge in [0, 0.05) is 25.6 Å². The van der Waals surface area contributed by atoms with Crippen LogP contribution in [0.15, 0.2) is 53.5 Å². The first-order chi connectivity index (χ1) is 13.6. The minimum Gasteiger partial charge on any atom is -0.465 e. The second-order valence-electron chi connectivity index (χ2n) is 7.08. The molecule has 5 nitrogen and oxygen atoms in total. The highest BCUT2D eigenvalue weighted by Crippen LogP contribution is 2.47. The Bertz CT molecular complexity index is 845. The molecule has 0 heterocycles. The van der Waals surface area contributed by atoms with Crippen molar-refractivity contribution < 1.29 is 13.9 Å². The summed E-state index contributed by atoms with van der Waals surface area (Å²) in [7, 11) is 3.11. The van der Waals surface area contributed by atoms with Gasteiger partial charge in [-0.3, -0.25) is 4.99 Å². The van der Waals surface area contributed by atoms with Gasteiger partial charge in [-0.15, -0.1) is 0 Å². The van der Waals surface area contributed by atoms with E-state index >= 15 is 0 Å². The van der Waals surface area contributed by atoms with Gasteiger partial charge in [0.1, 0.15) is 5.82 Å². The van der Waals surface area contributed by atoms with Crippen molar-refractivity contribution in [2.45, 2.75) is 24.7 Å². The number of benzene rings is 2. The lowest BCUT2D eigenvalue weighted by atomic mass is 9.96. The second kappa shape index (κ2) is 8.87. The number of guanidine groups is 1. The van der Waals surface area contributed by atoms with Gasteiger partial charge in [0.25, 0.3) is 0 Å². The number of hydrogen-bond donors (Lipinski definition) is 2. The first-order valence-corrected chi connectivity index (χ1v) is 9.44. The zero-order chi connectivity index (χ0) is 20.0. The zero-order valence-corrected chi connectivity index (χ0v) is 16.3. The molecule has 1 fully saturated rings. The van der Waals surface area contributed by atoms with Crippen LogP contribution in [0.5, 0.6) is 0 Å². The molecule has 0 radical (unpaired) electrons. The van der Waals surface area contributed by atoms with Gasteiger partial charge in [0.15, 0.2) is 5.96 Å². The molecular formula is C22H26FN3O2. The number of ether oxygens (including phenoxy) is 1. The molecule has 0 atom stereocenters. The standard InChI is InChI=1S/C22H26FN3O2/c1-24-21(25-13-10-16-6-8-17(9-7-16)20(27)28-2)26-15-22(11-12-22)18-4-3-5-19(23)14-18/h3-9,14H,10-13,15H2,1-2H3,(H2,24,25,26). The largest absolute Gasteiger partial charge is 0.465 e. The van der Waals surface area contributed by atoms with E-state index in [-0.39, 0.29) is 17.2 Å². The van der Waals surface area contributed by atoms with E-state index in [1.807, 2.05) is 18.2 Å². The lowest BCUT2D eigenvalue weighted by molar-refractivity contribution is 0.0600. The normalized spacial score (nSPS) is 15.0. The van der Waals surface area contributed by atoms with Crippen LogP contribution in [0.2, 0.25) is 0 Å². The summed E-state index contributed by atoms with van der Waals surface area (Å²) >= 11 is 0. The van der Waals surface area contributed by atoms with E-state index in [0.717, 1.165) is 42.9 Å². The number of aliphatic imine (C=N–C) groups is 1. The molecule has 1 aliphatic rings. The van der Waals surface area contributed by atoms with Crippen molar-refractivity contribution in [1.82, 2.24) is 10.6 Å². The average molecular weight is 383 g/mol. The Hall–Kier alpha value is -2.89. The summed E-state index contributed by atoms with van der Waals surface area (Å²) in [6, 6.07) is 14.2. The van der Waals surface area contributed by atoms with E-state index in [1.165, 1.54) is 13.2 Å². The SMILES string of the molecule is CN=C(NCCc1ccc(C(=O)OC)cc1)NCC1(c2cccc(F)c2)CC1. The number of esters is 1. The summed E-state index contributed by atoms with van der Waals surface area (Å²) in [6.07, 6.45) is 2.90. The van der Waals surface area contributed by atoms with Gasteiger partial charge in [0.2, 0.25) is 0 Å². The van der Waals surface area contributed by atoms with Crippen LogP contribution in [0.4, 0.5) is 4.39 Å². The molecule has 1 saturated carbocycles. The summed E-state index contributed by atoms with van der Waals surface area (Å²) in [5, 5.41) is 6.67. The number of methoxy groups -OCH3 is 1. The average Bonchev–Trinajstić information content (AvgIpc) is 3.51. The molecular weight excluding hydrogens is 357 g/mol. The highest BCUT2D eigenvalue weighted by molar-refractivity contribution is 5.89. The first-order valence-electron chi connectivity index (χ1n) is 9.44.